The normalized spacial score (nSPS) is 10.7. The van der Waals surface area contributed by atoms with Crippen LogP contribution in [0.25, 0.3) is 22.3 Å². The molecule has 2 nitrogen and oxygen atoms in total. The van der Waals surface area contributed by atoms with E-state index in [9.17, 15) is 8.78 Å². The molecule has 0 radical (unpaired) electrons. The molecule has 22 heavy (non-hydrogen) atoms. The first-order valence-electron chi connectivity index (χ1n) is 6.89. The first-order valence-corrected chi connectivity index (χ1v) is 6.89. The van der Waals surface area contributed by atoms with Crippen molar-refractivity contribution in [3.05, 3.63) is 71.8 Å². The van der Waals surface area contributed by atoms with Gasteiger partial charge in [0.05, 0.1) is 0 Å². The molecule has 0 bridgehead atoms. The fourth-order valence-electron chi connectivity index (χ4n) is 2.23. The van der Waals surface area contributed by atoms with Crippen molar-refractivity contribution >= 4 is 0 Å². The van der Waals surface area contributed by atoms with Crippen LogP contribution < -0.4 is 0 Å². The highest BCUT2D eigenvalue weighted by atomic mass is 19.1. The summed E-state index contributed by atoms with van der Waals surface area (Å²) in [6.07, 6.45) is 3.31. The summed E-state index contributed by atoms with van der Waals surface area (Å²) in [5, 5.41) is 0. The Labute approximate surface area is 127 Å². The van der Waals surface area contributed by atoms with Gasteiger partial charge in [0.2, 0.25) is 0 Å². The molecular formula is C18H14F2N2. The van der Waals surface area contributed by atoms with Crippen molar-refractivity contribution in [2.24, 2.45) is 0 Å². The van der Waals surface area contributed by atoms with Crippen molar-refractivity contribution in [1.29, 1.82) is 0 Å². The third-order valence-corrected chi connectivity index (χ3v) is 3.57. The predicted octanol–water partition coefficient (Wildman–Crippen LogP) is 4.71. The minimum atomic E-state index is -0.402. The lowest BCUT2D eigenvalue weighted by molar-refractivity contribution is 0.617. The molecule has 3 aromatic rings. The third kappa shape index (κ3) is 2.72. The molecular weight excluding hydrogens is 282 g/mol. The van der Waals surface area contributed by atoms with Crippen molar-refractivity contribution in [1.82, 2.24) is 9.97 Å². The van der Waals surface area contributed by atoms with E-state index in [1.165, 1.54) is 12.1 Å². The maximum absolute atomic E-state index is 14.4. The molecule has 0 amide bonds. The zero-order valence-corrected chi connectivity index (χ0v) is 12.3. The molecule has 0 spiro atoms. The van der Waals surface area contributed by atoms with Crippen LogP contribution in [-0.4, -0.2) is 9.97 Å². The van der Waals surface area contributed by atoms with E-state index in [0.717, 1.165) is 5.56 Å². The largest absolute Gasteiger partial charge is 0.241 e. The SMILES string of the molecule is Cc1ncc(-c2ccc(-c3ccc(C)c(F)c3)c(F)c2)cn1. The highest BCUT2D eigenvalue weighted by Crippen LogP contribution is 2.28. The summed E-state index contributed by atoms with van der Waals surface area (Å²) in [5.74, 6) is -0.0785. The molecule has 0 aliphatic carbocycles. The van der Waals surface area contributed by atoms with Crippen LogP contribution >= 0.6 is 0 Å². The second kappa shape index (κ2) is 5.64. The molecule has 0 fully saturated rings. The van der Waals surface area contributed by atoms with Gasteiger partial charge in [-0.2, -0.15) is 0 Å². The monoisotopic (exact) mass is 296 g/mol. The van der Waals surface area contributed by atoms with E-state index < -0.39 is 5.82 Å². The zero-order valence-electron chi connectivity index (χ0n) is 12.3. The van der Waals surface area contributed by atoms with Crippen molar-refractivity contribution in [2.45, 2.75) is 13.8 Å². The fraction of sp³-hybridized carbons (Fsp3) is 0.111. The summed E-state index contributed by atoms with van der Waals surface area (Å²) in [6, 6.07) is 9.56. The third-order valence-electron chi connectivity index (χ3n) is 3.57. The smallest absolute Gasteiger partial charge is 0.131 e. The lowest BCUT2D eigenvalue weighted by Gasteiger charge is -2.08. The van der Waals surface area contributed by atoms with E-state index in [1.807, 2.05) is 0 Å². The molecule has 0 N–H and O–H groups in total. The number of hydrogen-bond donors (Lipinski definition) is 0. The maximum atomic E-state index is 14.4. The maximum Gasteiger partial charge on any atom is 0.131 e. The van der Waals surface area contributed by atoms with Crippen LogP contribution in [0.4, 0.5) is 8.78 Å². The van der Waals surface area contributed by atoms with Gasteiger partial charge in [0.1, 0.15) is 17.5 Å². The second-order valence-corrected chi connectivity index (χ2v) is 5.18. The Hall–Kier alpha value is -2.62. The summed E-state index contributed by atoms with van der Waals surface area (Å²) in [7, 11) is 0. The Morgan fingerprint density at radius 3 is 2.00 bits per heavy atom. The summed E-state index contributed by atoms with van der Waals surface area (Å²) in [5.41, 5.74) is 2.86. The van der Waals surface area contributed by atoms with Gasteiger partial charge in [0.25, 0.3) is 0 Å². The van der Waals surface area contributed by atoms with Crippen LogP contribution in [0, 0.1) is 25.5 Å². The van der Waals surface area contributed by atoms with E-state index in [2.05, 4.69) is 9.97 Å². The Balaban J connectivity index is 2.01. The van der Waals surface area contributed by atoms with Gasteiger partial charge >= 0.3 is 0 Å². The molecule has 110 valence electrons. The summed E-state index contributed by atoms with van der Waals surface area (Å²) >= 11 is 0. The molecule has 1 heterocycles. The summed E-state index contributed by atoms with van der Waals surface area (Å²) in [4.78, 5) is 8.21. The minimum absolute atomic E-state index is 0.340. The number of benzene rings is 2. The number of aryl methyl sites for hydroxylation is 2. The molecule has 4 heteroatoms. The van der Waals surface area contributed by atoms with E-state index >= 15 is 0 Å². The lowest BCUT2D eigenvalue weighted by atomic mass is 10.00. The molecule has 0 aliphatic rings. The van der Waals surface area contributed by atoms with Crippen LogP contribution in [-0.2, 0) is 0 Å². The topological polar surface area (TPSA) is 25.8 Å². The number of aromatic nitrogens is 2. The lowest BCUT2D eigenvalue weighted by Crippen LogP contribution is -1.91. The van der Waals surface area contributed by atoms with Crippen LogP contribution in [0.3, 0.4) is 0 Å². The molecule has 0 saturated carbocycles. The van der Waals surface area contributed by atoms with Gasteiger partial charge in [-0.1, -0.05) is 24.3 Å². The Kier molecular flexibility index (Phi) is 3.67. The van der Waals surface area contributed by atoms with Gasteiger partial charge < -0.3 is 0 Å². The second-order valence-electron chi connectivity index (χ2n) is 5.18. The Morgan fingerprint density at radius 2 is 1.36 bits per heavy atom. The van der Waals surface area contributed by atoms with E-state index in [1.54, 1.807) is 50.5 Å². The van der Waals surface area contributed by atoms with Crippen molar-refractivity contribution in [2.75, 3.05) is 0 Å². The van der Waals surface area contributed by atoms with Crippen molar-refractivity contribution in [3.63, 3.8) is 0 Å². The highest BCUT2D eigenvalue weighted by molar-refractivity contribution is 5.70. The summed E-state index contributed by atoms with van der Waals surface area (Å²) < 4.78 is 28.0. The Morgan fingerprint density at radius 1 is 0.727 bits per heavy atom. The van der Waals surface area contributed by atoms with E-state index in [4.69, 9.17) is 0 Å². The minimum Gasteiger partial charge on any atom is -0.241 e. The highest BCUT2D eigenvalue weighted by Gasteiger charge is 2.09. The van der Waals surface area contributed by atoms with Crippen molar-refractivity contribution in [3.8, 4) is 22.3 Å². The molecule has 1 aromatic heterocycles. The van der Waals surface area contributed by atoms with Gasteiger partial charge in [0, 0.05) is 23.5 Å². The van der Waals surface area contributed by atoms with Gasteiger partial charge in [-0.15, -0.1) is 0 Å². The van der Waals surface area contributed by atoms with Gasteiger partial charge in [0.15, 0.2) is 0 Å². The average molecular weight is 296 g/mol. The number of halogens is 2. The molecule has 0 unspecified atom stereocenters. The quantitative estimate of drug-likeness (QED) is 0.684. The zero-order chi connectivity index (χ0) is 15.7. The first-order chi connectivity index (χ1) is 10.5. The molecule has 0 atom stereocenters. The predicted molar refractivity (Wildman–Crippen MR) is 82.3 cm³/mol. The van der Waals surface area contributed by atoms with E-state index in [0.29, 0.717) is 28.1 Å². The molecule has 0 saturated heterocycles. The number of hydrogen-bond acceptors (Lipinski definition) is 2. The molecule has 2 aromatic carbocycles. The van der Waals surface area contributed by atoms with Gasteiger partial charge in [-0.3, -0.25) is 0 Å². The van der Waals surface area contributed by atoms with Crippen LogP contribution in [0.1, 0.15) is 11.4 Å². The number of rotatable bonds is 2. The van der Waals surface area contributed by atoms with Crippen molar-refractivity contribution < 1.29 is 8.78 Å². The van der Waals surface area contributed by atoms with Gasteiger partial charge in [-0.25, -0.2) is 18.7 Å². The van der Waals surface area contributed by atoms with Gasteiger partial charge in [-0.05, 0) is 42.7 Å². The van der Waals surface area contributed by atoms with Crippen LogP contribution in [0.2, 0.25) is 0 Å². The fourth-order valence-corrected chi connectivity index (χ4v) is 2.23. The number of nitrogens with zero attached hydrogens (tertiary/aromatic N) is 2. The van der Waals surface area contributed by atoms with Crippen LogP contribution in [0.5, 0.6) is 0 Å². The summed E-state index contributed by atoms with van der Waals surface area (Å²) in [6.45, 7) is 3.47. The Bertz CT molecular complexity index is 827. The first kappa shape index (κ1) is 14.3. The van der Waals surface area contributed by atoms with E-state index in [-0.39, 0.29) is 5.82 Å². The van der Waals surface area contributed by atoms with Crippen LogP contribution in [0.15, 0.2) is 48.8 Å². The molecule has 3 rings (SSSR count). The standard InChI is InChI=1S/C18H14F2N2/c1-11-3-4-14(8-17(11)19)16-6-5-13(7-18(16)20)15-9-21-12(2)22-10-15/h3-10H,1-2H3. The average Bonchev–Trinajstić information content (AvgIpc) is 2.51. The molecule has 0 aliphatic heterocycles.